The minimum Gasteiger partial charge on any atom is -0.296 e. The number of anilines is 1. The van der Waals surface area contributed by atoms with Crippen molar-refractivity contribution in [2.24, 2.45) is 5.92 Å². The van der Waals surface area contributed by atoms with Crippen LogP contribution >= 0.6 is 11.3 Å². The molecule has 0 saturated carbocycles. The number of carbonyl (C=O) groups is 1. The predicted molar refractivity (Wildman–Crippen MR) is 96.2 cm³/mol. The molecule has 2 heterocycles. The third-order valence-corrected chi connectivity index (χ3v) is 7.14. The quantitative estimate of drug-likeness (QED) is 0.823. The molecule has 9 heteroatoms. The highest BCUT2D eigenvalue weighted by atomic mass is 32.2. The van der Waals surface area contributed by atoms with Gasteiger partial charge in [0.25, 0.3) is 15.9 Å². The maximum absolute atomic E-state index is 12.7. The standard InChI is InChI=1S/C16H20N4O3S2/c1-11-5-3-7-13(9-11)14(21)17-15-18-19-16(24-15)25(22,23)20-8-4-6-12(2)10-20/h3,5,7,9,12H,4,6,8,10H2,1-2H3,(H,17,18,21)/t12-/m1/s1. The molecule has 0 aliphatic carbocycles. The van der Waals surface area contributed by atoms with Crippen molar-refractivity contribution in [2.45, 2.75) is 31.0 Å². The molecule has 1 aliphatic heterocycles. The summed E-state index contributed by atoms with van der Waals surface area (Å²) in [5.74, 6) is -0.00710. The molecule has 1 amide bonds. The summed E-state index contributed by atoms with van der Waals surface area (Å²) in [7, 11) is -3.65. The first-order chi connectivity index (χ1) is 11.9. The normalized spacial score (nSPS) is 18.9. The first kappa shape index (κ1) is 18.0. The number of amides is 1. The molecule has 25 heavy (non-hydrogen) atoms. The zero-order valence-electron chi connectivity index (χ0n) is 14.1. The van der Waals surface area contributed by atoms with Gasteiger partial charge in [-0.3, -0.25) is 10.1 Å². The SMILES string of the molecule is Cc1cccc(C(=O)Nc2nnc(S(=O)(=O)N3CCC[C@@H](C)C3)s2)c1. The largest absolute Gasteiger partial charge is 0.296 e. The minimum absolute atomic E-state index is 0.0823. The number of nitrogens with zero attached hydrogens (tertiary/aromatic N) is 3. The lowest BCUT2D eigenvalue weighted by molar-refractivity contribution is 0.102. The number of carbonyl (C=O) groups excluding carboxylic acids is 1. The Bertz CT molecular complexity index is 879. The van der Waals surface area contributed by atoms with Crippen LogP contribution in [0.15, 0.2) is 28.6 Å². The minimum atomic E-state index is -3.65. The maximum Gasteiger partial charge on any atom is 0.272 e. The summed E-state index contributed by atoms with van der Waals surface area (Å²) < 4.78 is 26.7. The molecule has 1 aromatic carbocycles. The summed E-state index contributed by atoms with van der Waals surface area (Å²) in [6.45, 7) is 4.92. The van der Waals surface area contributed by atoms with Crippen LogP contribution in [0.5, 0.6) is 0 Å². The van der Waals surface area contributed by atoms with Gasteiger partial charge in [0.2, 0.25) is 9.47 Å². The summed E-state index contributed by atoms with van der Waals surface area (Å²) in [5, 5.41) is 10.4. The second kappa shape index (κ2) is 7.19. The molecular formula is C16H20N4O3S2. The molecule has 0 spiro atoms. The van der Waals surface area contributed by atoms with Gasteiger partial charge in [-0.2, -0.15) is 4.31 Å². The van der Waals surface area contributed by atoms with Gasteiger partial charge in [0, 0.05) is 18.7 Å². The van der Waals surface area contributed by atoms with E-state index in [1.807, 2.05) is 19.9 Å². The van der Waals surface area contributed by atoms with Crippen molar-refractivity contribution in [3.8, 4) is 0 Å². The zero-order valence-corrected chi connectivity index (χ0v) is 15.7. The maximum atomic E-state index is 12.7. The molecular weight excluding hydrogens is 360 g/mol. The van der Waals surface area contributed by atoms with Crippen LogP contribution in [0, 0.1) is 12.8 Å². The number of aryl methyl sites for hydroxylation is 1. The van der Waals surface area contributed by atoms with Crippen LogP contribution in [0.4, 0.5) is 5.13 Å². The van der Waals surface area contributed by atoms with E-state index in [0.717, 1.165) is 29.7 Å². The van der Waals surface area contributed by atoms with Gasteiger partial charge in [-0.15, -0.1) is 10.2 Å². The van der Waals surface area contributed by atoms with Crippen molar-refractivity contribution in [2.75, 3.05) is 18.4 Å². The molecule has 0 radical (unpaired) electrons. The summed E-state index contributed by atoms with van der Waals surface area (Å²) >= 11 is 0.878. The van der Waals surface area contributed by atoms with Crippen molar-refractivity contribution in [3.05, 3.63) is 35.4 Å². The molecule has 1 fully saturated rings. The lowest BCUT2D eigenvalue weighted by Crippen LogP contribution is -2.39. The van der Waals surface area contributed by atoms with E-state index in [0.29, 0.717) is 24.6 Å². The van der Waals surface area contributed by atoms with Crippen molar-refractivity contribution in [1.82, 2.24) is 14.5 Å². The number of sulfonamides is 1. The zero-order chi connectivity index (χ0) is 18.0. The highest BCUT2D eigenvalue weighted by Gasteiger charge is 2.31. The van der Waals surface area contributed by atoms with Crippen molar-refractivity contribution in [3.63, 3.8) is 0 Å². The third kappa shape index (κ3) is 4.05. The average Bonchev–Trinajstić information content (AvgIpc) is 3.04. The van der Waals surface area contributed by atoms with E-state index in [-0.39, 0.29) is 15.4 Å². The van der Waals surface area contributed by atoms with Crippen LogP contribution in [-0.4, -0.2) is 41.9 Å². The van der Waals surface area contributed by atoms with Gasteiger partial charge in [0.05, 0.1) is 0 Å². The van der Waals surface area contributed by atoms with Gasteiger partial charge in [-0.1, -0.05) is 36.0 Å². The Labute approximate surface area is 151 Å². The van der Waals surface area contributed by atoms with Gasteiger partial charge in [0.1, 0.15) is 0 Å². The van der Waals surface area contributed by atoms with Crippen molar-refractivity contribution in [1.29, 1.82) is 0 Å². The Morgan fingerprint density at radius 2 is 2.16 bits per heavy atom. The number of piperidine rings is 1. The Kier molecular flexibility index (Phi) is 5.16. The van der Waals surface area contributed by atoms with Gasteiger partial charge >= 0.3 is 0 Å². The van der Waals surface area contributed by atoms with E-state index in [9.17, 15) is 13.2 Å². The molecule has 0 bridgehead atoms. The number of hydrogen-bond acceptors (Lipinski definition) is 6. The number of nitrogens with one attached hydrogen (secondary N) is 1. The van der Waals surface area contributed by atoms with E-state index in [1.165, 1.54) is 4.31 Å². The first-order valence-corrected chi connectivity index (χ1v) is 10.3. The molecule has 1 aromatic heterocycles. The van der Waals surface area contributed by atoms with Gasteiger partial charge in [-0.25, -0.2) is 8.42 Å². The number of rotatable bonds is 4. The van der Waals surface area contributed by atoms with Crippen LogP contribution in [-0.2, 0) is 10.0 Å². The molecule has 3 rings (SSSR count). The van der Waals surface area contributed by atoms with E-state index < -0.39 is 10.0 Å². The molecule has 7 nitrogen and oxygen atoms in total. The van der Waals surface area contributed by atoms with E-state index in [4.69, 9.17) is 0 Å². The Morgan fingerprint density at radius 3 is 2.88 bits per heavy atom. The smallest absolute Gasteiger partial charge is 0.272 e. The molecule has 1 saturated heterocycles. The Hall–Kier alpha value is -1.84. The monoisotopic (exact) mass is 380 g/mol. The fourth-order valence-corrected chi connectivity index (χ4v) is 5.43. The Morgan fingerprint density at radius 1 is 1.36 bits per heavy atom. The van der Waals surface area contributed by atoms with Crippen molar-refractivity contribution < 1.29 is 13.2 Å². The molecule has 134 valence electrons. The highest BCUT2D eigenvalue weighted by molar-refractivity contribution is 7.91. The summed E-state index contributed by atoms with van der Waals surface area (Å²) in [5.41, 5.74) is 1.46. The Balaban J connectivity index is 1.74. The van der Waals surface area contributed by atoms with E-state index >= 15 is 0 Å². The van der Waals surface area contributed by atoms with Crippen molar-refractivity contribution >= 4 is 32.4 Å². The topological polar surface area (TPSA) is 92.3 Å². The molecule has 0 unspecified atom stereocenters. The second-order valence-electron chi connectivity index (χ2n) is 6.31. The summed E-state index contributed by atoms with van der Waals surface area (Å²) in [6.07, 6.45) is 1.87. The van der Waals surface area contributed by atoms with Crippen LogP contribution in [0.25, 0.3) is 0 Å². The molecule has 2 aromatic rings. The molecule has 1 aliphatic rings. The second-order valence-corrected chi connectivity index (χ2v) is 9.40. The first-order valence-electron chi connectivity index (χ1n) is 8.08. The van der Waals surface area contributed by atoms with Crippen LogP contribution in [0.2, 0.25) is 0 Å². The predicted octanol–water partition coefficient (Wildman–Crippen LogP) is 2.52. The van der Waals surface area contributed by atoms with Crippen LogP contribution in [0.3, 0.4) is 0 Å². The van der Waals surface area contributed by atoms with Gasteiger partial charge in [0.15, 0.2) is 0 Å². The third-order valence-electron chi connectivity index (χ3n) is 4.09. The van der Waals surface area contributed by atoms with Crippen LogP contribution < -0.4 is 5.32 Å². The van der Waals surface area contributed by atoms with Gasteiger partial charge < -0.3 is 0 Å². The number of benzene rings is 1. The lowest BCUT2D eigenvalue weighted by atomic mass is 10.0. The fraction of sp³-hybridized carbons (Fsp3) is 0.438. The van der Waals surface area contributed by atoms with E-state index in [2.05, 4.69) is 15.5 Å². The average molecular weight is 380 g/mol. The number of aromatic nitrogens is 2. The van der Waals surface area contributed by atoms with Crippen LogP contribution in [0.1, 0.15) is 35.7 Å². The highest BCUT2D eigenvalue weighted by Crippen LogP contribution is 2.27. The molecule has 1 N–H and O–H groups in total. The lowest BCUT2D eigenvalue weighted by Gasteiger charge is -2.28. The fourth-order valence-electron chi connectivity index (χ4n) is 2.80. The van der Waals surface area contributed by atoms with Gasteiger partial charge in [-0.05, 0) is 37.8 Å². The summed E-state index contributed by atoms with van der Waals surface area (Å²) in [4.78, 5) is 12.2. The molecule has 1 atom stereocenters. The number of hydrogen-bond donors (Lipinski definition) is 1. The van der Waals surface area contributed by atoms with E-state index in [1.54, 1.807) is 18.2 Å². The summed E-state index contributed by atoms with van der Waals surface area (Å²) in [6, 6.07) is 7.13.